The first-order chi connectivity index (χ1) is 7.80. The van der Waals surface area contributed by atoms with Crippen molar-refractivity contribution in [2.24, 2.45) is 0 Å². The summed E-state index contributed by atoms with van der Waals surface area (Å²) >= 11 is 0. The number of alkyl halides is 3. The van der Waals surface area contributed by atoms with Crippen molar-refractivity contribution in [3.63, 3.8) is 0 Å². The molecule has 17 heavy (non-hydrogen) atoms. The van der Waals surface area contributed by atoms with Gasteiger partial charge in [0.05, 0.1) is 12.0 Å². The highest BCUT2D eigenvalue weighted by molar-refractivity contribution is 5.70. The second-order valence-corrected chi connectivity index (χ2v) is 3.24. The normalized spacial score (nSPS) is 12.0. The second-order valence-electron chi connectivity index (χ2n) is 3.24. The Kier molecular flexibility index (Phi) is 3.88. The number of hydrogen-bond acceptors (Lipinski definition) is 1. The first-order valence-electron chi connectivity index (χ1n) is 4.56. The molecule has 0 saturated heterocycles. The Hall–Kier alpha value is -1.85. The van der Waals surface area contributed by atoms with Gasteiger partial charge in [0.1, 0.15) is 5.82 Å². The quantitative estimate of drug-likeness (QED) is 0.833. The van der Waals surface area contributed by atoms with Crippen LogP contribution in [0.15, 0.2) is 24.3 Å². The zero-order valence-electron chi connectivity index (χ0n) is 8.46. The van der Waals surface area contributed by atoms with Crippen molar-refractivity contribution in [3.8, 4) is 0 Å². The van der Waals surface area contributed by atoms with E-state index in [-0.39, 0.29) is 12.0 Å². The van der Waals surface area contributed by atoms with Gasteiger partial charge in [-0.3, -0.25) is 4.79 Å². The fraction of sp³-hybridized carbons (Fsp3) is 0.182. The lowest BCUT2D eigenvalue weighted by atomic mass is 10.1. The van der Waals surface area contributed by atoms with Crippen LogP contribution >= 0.6 is 0 Å². The summed E-state index contributed by atoms with van der Waals surface area (Å²) in [4.78, 5) is 10.2. The fourth-order valence-electron chi connectivity index (χ4n) is 1.16. The zero-order valence-corrected chi connectivity index (χ0v) is 8.46. The van der Waals surface area contributed by atoms with Gasteiger partial charge in [0.2, 0.25) is 0 Å². The van der Waals surface area contributed by atoms with E-state index in [9.17, 15) is 22.4 Å². The van der Waals surface area contributed by atoms with Gasteiger partial charge in [-0.1, -0.05) is 18.2 Å². The highest BCUT2D eigenvalue weighted by atomic mass is 19.4. The maximum Gasteiger partial charge on any atom is 0.419 e. The molecule has 0 aliphatic carbocycles. The number of carbonyl (C=O) groups is 1. The van der Waals surface area contributed by atoms with Crippen molar-refractivity contribution >= 4 is 12.0 Å². The lowest BCUT2D eigenvalue weighted by Crippen LogP contribution is -2.08. The van der Waals surface area contributed by atoms with Crippen molar-refractivity contribution in [2.75, 3.05) is 0 Å². The van der Waals surface area contributed by atoms with Crippen LogP contribution in [0.3, 0.4) is 0 Å². The minimum atomic E-state index is -4.76. The van der Waals surface area contributed by atoms with E-state index in [2.05, 4.69) is 0 Å². The molecule has 2 nitrogen and oxygen atoms in total. The molecule has 0 heterocycles. The van der Waals surface area contributed by atoms with E-state index < -0.39 is 23.5 Å². The van der Waals surface area contributed by atoms with Gasteiger partial charge in [-0.25, -0.2) is 4.39 Å². The van der Waals surface area contributed by atoms with Crippen LogP contribution in [0.2, 0.25) is 0 Å². The monoisotopic (exact) mass is 248 g/mol. The third-order valence-electron chi connectivity index (χ3n) is 1.90. The number of carboxylic acids is 1. The maximum absolute atomic E-state index is 12.9. The van der Waals surface area contributed by atoms with Crippen LogP contribution in [-0.2, 0) is 11.0 Å². The molecule has 0 bridgehead atoms. The van der Waals surface area contributed by atoms with Crippen LogP contribution in [0.5, 0.6) is 0 Å². The van der Waals surface area contributed by atoms with E-state index in [1.165, 1.54) is 12.2 Å². The van der Waals surface area contributed by atoms with Crippen LogP contribution < -0.4 is 0 Å². The molecule has 0 spiro atoms. The lowest BCUT2D eigenvalue weighted by Gasteiger charge is -2.08. The summed E-state index contributed by atoms with van der Waals surface area (Å²) in [5.74, 6) is -2.45. The Morgan fingerprint density at radius 2 is 2.00 bits per heavy atom. The molecule has 0 fully saturated rings. The molecule has 6 heteroatoms. The van der Waals surface area contributed by atoms with Gasteiger partial charge in [0.15, 0.2) is 0 Å². The summed E-state index contributed by atoms with van der Waals surface area (Å²) < 4.78 is 49.8. The van der Waals surface area contributed by atoms with E-state index in [0.717, 1.165) is 6.07 Å². The number of halogens is 4. The molecule has 0 aliphatic heterocycles. The predicted octanol–water partition coefficient (Wildman–Crippen LogP) is 3.33. The number of rotatable bonds is 3. The number of carboxylic acid groups (broad SMARTS) is 1. The van der Waals surface area contributed by atoms with E-state index in [1.54, 1.807) is 0 Å². The minimum absolute atomic E-state index is 0.0972. The van der Waals surface area contributed by atoms with Gasteiger partial charge in [0.25, 0.3) is 0 Å². The number of benzene rings is 1. The summed E-state index contributed by atoms with van der Waals surface area (Å²) in [6, 6.07) is 2.47. The Morgan fingerprint density at radius 3 is 2.53 bits per heavy atom. The van der Waals surface area contributed by atoms with Crippen molar-refractivity contribution in [1.82, 2.24) is 0 Å². The van der Waals surface area contributed by atoms with Crippen LogP contribution in [0, 0.1) is 5.82 Å². The highest BCUT2D eigenvalue weighted by Gasteiger charge is 2.33. The van der Waals surface area contributed by atoms with Gasteiger partial charge in [-0.05, 0) is 17.7 Å². The van der Waals surface area contributed by atoms with Crippen molar-refractivity contribution in [2.45, 2.75) is 12.6 Å². The van der Waals surface area contributed by atoms with Gasteiger partial charge in [-0.15, -0.1) is 0 Å². The Morgan fingerprint density at radius 1 is 1.35 bits per heavy atom. The molecule has 0 aliphatic rings. The lowest BCUT2D eigenvalue weighted by molar-refractivity contribution is -0.140. The van der Waals surface area contributed by atoms with E-state index >= 15 is 0 Å². The molecule has 0 saturated carbocycles. The second kappa shape index (κ2) is 4.99. The topological polar surface area (TPSA) is 37.3 Å². The van der Waals surface area contributed by atoms with Gasteiger partial charge >= 0.3 is 12.1 Å². The molecule has 1 rings (SSSR count). The van der Waals surface area contributed by atoms with Gasteiger partial charge < -0.3 is 5.11 Å². The molecule has 0 unspecified atom stereocenters. The van der Waals surface area contributed by atoms with E-state index in [0.29, 0.717) is 12.1 Å². The number of aliphatic carboxylic acids is 1. The third kappa shape index (κ3) is 3.90. The summed E-state index contributed by atoms with van der Waals surface area (Å²) in [5.41, 5.74) is -1.27. The van der Waals surface area contributed by atoms with Crippen LogP contribution in [0.4, 0.5) is 17.6 Å². The largest absolute Gasteiger partial charge is 0.481 e. The first-order valence-corrected chi connectivity index (χ1v) is 4.56. The van der Waals surface area contributed by atoms with Gasteiger partial charge in [0, 0.05) is 0 Å². The maximum atomic E-state index is 12.9. The minimum Gasteiger partial charge on any atom is -0.481 e. The summed E-state index contributed by atoms with van der Waals surface area (Å²) in [5, 5.41) is 8.33. The van der Waals surface area contributed by atoms with Crippen LogP contribution in [-0.4, -0.2) is 11.1 Å². The van der Waals surface area contributed by atoms with E-state index in [1.807, 2.05) is 0 Å². The smallest absolute Gasteiger partial charge is 0.419 e. The standard InChI is InChI=1S/C11H8F4O2/c12-9-5-4-7(2-1-3-10(16)17)6-8(9)11(13,14)15/h1-2,4-6H,3H2,(H,16,17). The average Bonchev–Trinajstić information content (AvgIpc) is 2.18. The average molecular weight is 248 g/mol. The zero-order chi connectivity index (χ0) is 13.1. The molecule has 0 atom stereocenters. The molecule has 0 radical (unpaired) electrons. The Bertz CT molecular complexity index is 449. The van der Waals surface area contributed by atoms with Crippen molar-refractivity contribution in [3.05, 3.63) is 41.2 Å². The molecule has 92 valence electrons. The molecular formula is C11H8F4O2. The van der Waals surface area contributed by atoms with Crippen LogP contribution in [0.25, 0.3) is 6.08 Å². The highest BCUT2D eigenvalue weighted by Crippen LogP contribution is 2.32. The number of hydrogen-bond donors (Lipinski definition) is 1. The molecule has 0 aromatic heterocycles. The molecule has 1 aromatic rings. The SMILES string of the molecule is O=C(O)CC=Cc1ccc(F)c(C(F)(F)F)c1. The third-order valence-corrected chi connectivity index (χ3v) is 1.90. The Labute approximate surface area is 94.2 Å². The van der Waals surface area contributed by atoms with Gasteiger partial charge in [-0.2, -0.15) is 13.2 Å². The van der Waals surface area contributed by atoms with Crippen molar-refractivity contribution < 1.29 is 27.5 Å². The summed E-state index contributed by atoms with van der Waals surface area (Å²) in [6.45, 7) is 0. The predicted molar refractivity (Wildman–Crippen MR) is 52.7 cm³/mol. The summed E-state index contributed by atoms with van der Waals surface area (Å²) in [7, 11) is 0. The van der Waals surface area contributed by atoms with Crippen molar-refractivity contribution in [1.29, 1.82) is 0 Å². The first kappa shape index (κ1) is 13.2. The molecule has 1 N–H and O–H groups in total. The molecular weight excluding hydrogens is 240 g/mol. The fourth-order valence-corrected chi connectivity index (χ4v) is 1.16. The molecule has 0 amide bonds. The van der Waals surface area contributed by atoms with E-state index in [4.69, 9.17) is 5.11 Å². The molecule has 1 aromatic carbocycles. The Balaban J connectivity index is 2.97. The van der Waals surface area contributed by atoms with Crippen LogP contribution in [0.1, 0.15) is 17.5 Å². The summed E-state index contributed by atoms with van der Waals surface area (Å²) in [6.07, 6.45) is -2.68.